The highest BCUT2D eigenvalue weighted by Crippen LogP contribution is 2.18. The number of methoxy groups -OCH3 is 1. The van der Waals surface area contributed by atoms with E-state index in [4.69, 9.17) is 25.7 Å². The first kappa shape index (κ1) is 19.2. The summed E-state index contributed by atoms with van der Waals surface area (Å²) in [4.78, 5) is 10.9. The summed E-state index contributed by atoms with van der Waals surface area (Å²) in [7, 11) is 1.61. The van der Waals surface area contributed by atoms with Gasteiger partial charge in [0.2, 0.25) is 5.91 Å². The number of nitrogens with two attached hydrogens (primary N) is 2. The smallest absolute Gasteiger partial charge is 0.217 e. The quantitative estimate of drug-likeness (QED) is 0.503. The Morgan fingerprint density at radius 1 is 1.17 bits per heavy atom. The molecule has 7 nitrogen and oxygen atoms in total. The minimum atomic E-state index is -0.887. The van der Waals surface area contributed by atoms with Gasteiger partial charge in [-0.2, -0.15) is 0 Å². The average molecular weight is 326 g/mol. The summed E-state index contributed by atoms with van der Waals surface area (Å²) in [6.07, 6.45) is -0.756. The summed E-state index contributed by atoms with van der Waals surface area (Å²) in [5.74, 6) is 0.646. The molecule has 0 saturated heterocycles. The standard InChI is InChI=1S/C16H26N2O5/c1-11(9-15(17)20)16(18)14(19)10-23-13-5-3-12(4-6-13)22-8-7-21-2/h3-6,11,14,16,19H,7-10,18H2,1-2H3,(H2,17,20). The lowest BCUT2D eigenvalue weighted by Crippen LogP contribution is -2.44. The van der Waals surface area contributed by atoms with Gasteiger partial charge < -0.3 is 30.8 Å². The van der Waals surface area contributed by atoms with Gasteiger partial charge in [-0.15, -0.1) is 0 Å². The van der Waals surface area contributed by atoms with E-state index in [1.54, 1.807) is 38.3 Å². The molecule has 3 atom stereocenters. The van der Waals surface area contributed by atoms with Crippen LogP contribution in [0.3, 0.4) is 0 Å². The summed E-state index contributed by atoms with van der Waals surface area (Å²) in [5, 5.41) is 10.0. The average Bonchev–Trinajstić information content (AvgIpc) is 2.52. The maximum atomic E-state index is 10.9. The molecule has 1 rings (SSSR count). The molecule has 0 aliphatic carbocycles. The molecule has 23 heavy (non-hydrogen) atoms. The predicted molar refractivity (Wildman–Crippen MR) is 86.3 cm³/mol. The summed E-state index contributed by atoms with van der Waals surface area (Å²) in [6.45, 7) is 2.80. The van der Waals surface area contributed by atoms with Crippen molar-refractivity contribution in [1.82, 2.24) is 0 Å². The second-order valence-corrected chi connectivity index (χ2v) is 5.42. The first-order chi connectivity index (χ1) is 10.9. The van der Waals surface area contributed by atoms with Gasteiger partial charge in [-0.25, -0.2) is 0 Å². The predicted octanol–water partition coefficient (Wildman–Crippen LogP) is 0.290. The van der Waals surface area contributed by atoms with Gasteiger partial charge in [0.1, 0.15) is 30.8 Å². The molecular formula is C16H26N2O5. The topological polar surface area (TPSA) is 117 Å². The van der Waals surface area contributed by atoms with E-state index >= 15 is 0 Å². The molecule has 0 aliphatic heterocycles. The lowest BCUT2D eigenvalue weighted by atomic mass is 9.94. The highest BCUT2D eigenvalue weighted by atomic mass is 16.5. The van der Waals surface area contributed by atoms with Gasteiger partial charge in [0.05, 0.1) is 6.61 Å². The van der Waals surface area contributed by atoms with Crippen LogP contribution in [-0.2, 0) is 9.53 Å². The van der Waals surface area contributed by atoms with E-state index in [-0.39, 0.29) is 18.9 Å². The third kappa shape index (κ3) is 7.32. The van der Waals surface area contributed by atoms with Crippen molar-refractivity contribution in [3.63, 3.8) is 0 Å². The fraction of sp³-hybridized carbons (Fsp3) is 0.562. The summed E-state index contributed by atoms with van der Waals surface area (Å²) >= 11 is 0. The van der Waals surface area contributed by atoms with Crippen LogP contribution in [0.1, 0.15) is 13.3 Å². The summed E-state index contributed by atoms with van der Waals surface area (Å²) < 4.78 is 15.8. The van der Waals surface area contributed by atoms with Crippen LogP contribution < -0.4 is 20.9 Å². The summed E-state index contributed by atoms with van der Waals surface area (Å²) in [6, 6.07) is 6.44. The zero-order chi connectivity index (χ0) is 17.2. The molecule has 1 amide bonds. The highest BCUT2D eigenvalue weighted by molar-refractivity contribution is 5.74. The minimum absolute atomic E-state index is 0.0359. The number of ether oxygens (including phenoxy) is 3. The molecule has 0 aromatic heterocycles. The molecular weight excluding hydrogens is 300 g/mol. The van der Waals surface area contributed by atoms with E-state index in [1.807, 2.05) is 0 Å². The molecule has 0 radical (unpaired) electrons. The van der Waals surface area contributed by atoms with Crippen LogP contribution >= 0.6 is 0 Å². The maximum Gasteiger partial charge on any atom is 0.217 e. The van der Waals surface area contributed by atoms with Crippen LogP contribution in [0.25, 0.3) is 0 Å². The zero-order valence-electron chi connectivity index (χ0n) is 13.6. The van der Waals surface area contributed by atoms with E-state index in [1.165, 1.54) is 0 Å². The first-order valence-electron chi connectivity index (χ1n) is 7.50. The number of benzene rings is 1. The van der Waals surface area contributed by atoms with E-state index in [9.17, 15) is 9.90 Å². The number of hydrogen-bond donors (Lipinski definition) is 3. The maximum absolute atomic E-state index is 10.9. The Morgan fingerprint density at radius 3 is 2.26 bits per heavy atom. The lowest BCUT2D eigenvalue weighted by Gasteiger charge is -2.24. The van der Waals surface area contributed by atoms with Crippen molar-refractivity contribution >= 4 is 5.91 Å². The van der Waals surface area contributed by atoms with Crippen LogP contribution in [0.5, 0.6) is 11.5 Å². The Kier molecular flexibility index (Phi) is 8.39. The van der Waals surface area contributed by atoms with Crippen molar-refractivity contribution < 1.29 is 24.1 Å². The van der Waals surface area contributed by atoms with Gasteiger partial charge >= 0.3 is 0 Å². The number of carbonyl (C=O) groups is 1. The monoisotopic (exact) mass is 326 g/mol. The number of amides is 1. The van der Waals surface area contributed by atoms with Gasteiger partial charge in [-0.05, 0) is 30.2 Å². The number of primary amides is 1. The lowest BCUT2D eigenvalue weighted by molar-refractivity contribution is -0.119. The zero-order valence-corrected chi connectivity index (χ0v) is 13.6. The van der Waals surface area contributed by atoms with Crippen molar-refractivity contribution in [1.29, 1.82) is 0 Å². The van der Waals surface area contributed by atoms with Crippen molar-refractivity contribution in [2.45, 2.75) is 25.5 Å². The van der Waals surface area contributed by atoms with Crippen LogP contribution in [0.4, 0.5) is 0 Å². The highest BCUT2D eigenvalue weighted by Gasteiger charge is 2.23. The Morgan fingerprint density at radius 2 is 1.74 bits per heavy atom. The van der Waals surface area contributed by atoms with E-state index < -0.39 is 18.1 Å². The first-order valence-corrected chi connectivity index (χ1v) is 7.50. The molecule has 0 saturated carbocycles. The molecule has 1 aromatic carbocycles. The molecule has 130 valence electrons. The van der Waals surface area contributed by atoms with Crippen molar-refractivity contribution in [2.75, 3.05) is 26.9 Å². The largest absolute Gasteiger partial charge is 0.491 e. The van der Waals surface area contributed by atoms with Gasteiger partial charge in [-0.3, -0.25) is 4.79 Å². The second kappa shape index (κ2) is 10.0. The molecule has 0 fully saturated rings. The Bertz CT molecular complexity index is 466. The molecule has 0 heterocycles. The van der Waals surface area contributed by atoms with E-state index in [0.29, 0.717) is 24.7 Å². The normalized spacial score (nSPS) is 14.8. The van der Waals surface area contributed by atoms with E-state index in [0.717, 1.165) is 0 Å². The molecule has 0 bridgehead atoms. The molecule has 3 unspecified atom stereocenters. The number of rotatable bonds is 11. The van der Waals surface area contributed by atoms with Gasteiger partial charge in [-0.1, -0.05) is 6.92 Å². The number of aliphatic hydroxyl groups excluding tert-OH is 1. The minimum Gasteiger partial charge on any atom is -0.491 e. The second-order valence-electron chi connectivity index (χ2n) is 5.42. The summed E-state index contributed by atoms with van der Waals surface area (Å²) in [5.41, 5.74) is 11.0. The number of aliphatic hydroxyl groups is 1. The van der Waals surface area contributed by atoms with Crippen molar-refractivity contribution in [3.05, 3.63) is 24.3 Å². The van der Waals surface area contributed by atoms with Crippen LogP contribution in [0.15, 0.2) is 24.3 Å². The van der Waals surface area contributed by atoms with Gasteiger partial charge in [0, 0.05) is 19.6 Å². The van der Waals surface area contributed by atoms with Gasteiger partial charge in [0.25, 0.3) is 0 Å². The fourth-order valence-corrected chi connectivity index (χ4v) is 2.00. The molecule has 1 aromatic rings. The Labute approximate surface area is 136 Å². The number of hydrogen-bond acceptors (Lipinski definition) is 6. The third-order valence-corrected chi connectivity index (χ3v) is 3.43. The van der Waals surface area contributed by atoms with E-state index in [2.05, 4.69) is 0 Å². The molecule has 0 aliphatic rings. The number of carbonyl (C=O) groups excluding carboxylic acids is 1. The molecule has 7 heteroatoms. The van der Waals surface area contributed by atoms with Crippen LogP contribution in [0, 0.1) is 5.92 Å². The molecule has 5 N–H and O–H groups in total. The van der Waals surface area contributed by atoms with Crippen molar-refractivity contribution in [2.24, 2.45) is 17.4 Å². The Balaban J connectivity index is 2.40. The Hall–Kier alpha value is -1.83. The van der Waals surface area contributed by atoms with Crippen molar-refractivity contribution in [3.8, 4) is 11.5 Å². The van der Waals surface area contributed by atoms with Crippen LogP contribution in [0.2, 0.25) is 0 Å². The SMILES string of the molecule is COCCOc1ccc(OCC(O)C(N)C(C)CC(N)=O)cc1. The molecule has 0 spiro atoms. The van der Waals surface area contributed by atoms with Crippen LogP contribution in [-0.4, -0.2) is 50.1 Å². The van der Waals surface area contributed by atoms with Gasteiger partial charge in [0.15, 0.2) is 0 Å². The fourth-order valence-electron chi connectivity index (χ4n) is 2.00. The third-order valence-electron chi connectivity index (χ3n) is 3.43.